The molecule has 0 unspecified atom stereocenters. The van der Waals surface area contributed by atoms with Crippen LogP contribution in [0, 0.1) is 0 Å². The van der Waals surface area contributed by atoms with Gasteiger partial charge in [-0.15, -0.1) is 0 Å². The molecule has 0 aliphatic carbocycles. The lowest BCUT2D eigenvalue weighted by Crippen LogP contribution is -2.48. The van der Waals surface area contributed by atoms with Crippen LogP contribution in [0.3, 0.4) is 0 Å². The number of anilines is 1. The molecule has 0 saturated carbocycles. The molecule has 0 aliphatic rings. The monoisotopic (exact) mass is 342 g/mol. The molecule has 1 aromatic heterocycles. The maximum atomic E-state index is 12.3. The predicted molar refractivity (Wildman–Crippen MR) is 86.2 cm³/mol. The first kappa shape index (κ1) is 16.9. The number of carbonyl (C=O) groups excluding carboxylic acids is 1. The summed E-state index contributed by atoms with van der Waals surface area (Å²) in [6, 6.07) is 1.78. The fourth-order valence-electron chi connectivity index (χ4n) is 1.47. The number of amides is 1. The molecule has 0 aromatic carbocycles. The lowest BCUT2D eigenvalue weighted by atomic mass is 10.0. The first-order valence-electron chi connectivity index (χ1n) is 6.63. The van der Waals surface area contributed by atoms with Gasteiger partial charge in [0, 0.05) is 29.3 Å². The average molecular weight is 343 g/mol. The van der Waals surface area contributed by atoms with E-state index in [1.807, 2.05) is 21.0 Å². The van der Waals surface area contributed by atoms with E-state index in [9.17, 15) is 4.79 Å². The Kier molecular flexibility index (Phi) is 5.95. The van der Waals surface area contributed by atoms with Crippen molar-refractivity contribution in [3.05, 3.63) is 22.3 Å². The van der Waals surface area contributed by atoms with Crippen molar-refractivity contribution in [3.8, 4) is 0 Å². The smallest absolute Gasteiger partial charge is 0.255 e. The number of hydrogen-bond donors (Lipinski definition) is 2. The van der Waals surface area contributed by atoms with Gasteiger partial charge in [0.05, 0.1) is 5.56 Å². The summed E-state index contributed by atoms with van der Waals surface area (Å²) in [6.45, 7) is 7.42. The molecular weight excluding hydrogens is 320 g/mol. The van der Waals surface area contributed by atoms with Gasteiger partial charge < -0.3 is 15.5 Å². The molecule has 0 atom stereocenters. The zero-order valence-corrected chi connectivity index (χ0v) is 14.3. The third kappa shape index (κ3) is 4.45. The minimum Gasteiger partial charge on any atom is -0.370 e. The van der Waals surface area contributed by atoms with Crippen LogP contribution < -0.4 is 10.6 Å². The van der Waals surface area contributed by atoms with Crippen LogP contribution in [0.15, 0.2) is 16.7 Å². The molecule has 20 heavy (non-hydrogen) atoms. The van der Waals surface area contributed by atoms with Crippen LogP contribution in [0.2, 0.25) is 0 Å². The first-order chi connectivity index (χ1) is 9.27. The maximum absolute atomic E-state index is 12.3. The number of nitrogens with zero attached hydrogens (tertiary/aromatic N) is 2. The average Bonchev–Trinajstić information content (AvgIpc) is 2.38. The Morgan fingerprint density at radius 1 is 1.45 bits per heavy atom. The molecule has 0 aliphatic heterocycles. The molecule has 0 saturated heterocycles. The Morgan fingerprint density at radius 2 is 2.10 bits per heavy atom. The molecule has 2 N–H and O–H groups in total. The Balaban J connectivity index is 2.84. The minimum atomic E-state index is -0.121. The van der Waals surface area contributed by atoms with Gasteiger partial charge in [0.1, 0.15) is 5.82 Å². The zero-order valence-electron chi connectivity index (χ0n) is 12.7. The van der Waals surface area contributed by atoms with Gasteiger partial charge in [-0.1, -0.05) is 0 Å². The Morgan fingerprint density at radius 3 is 2.65 bits per heavy atom. The van der Waals surface area contributed by atoms with E-state index in [1.54, 1.807) is 12.3 Å². The summed E-state index contributed by atoms with van der Waals surface area (Å²) < 4.78 is 0.788. The van der Waals surface area contributed by atoms with E-state index in [0.29, 0.717) is 17.9 Å². The summed E-state index contributed by atoms with van der Waals surface area (Å²) in [5, 5.41) is 6.07. The summed E-state index contributed by atoms with van der Waals surface area (Å²) in [5.41, 5.74) is 0.448. The Hall–Kier alpha value is -1.14. The van der Waals surface area contributed by atoms with Crippen molar-refractivity contribution in [2.45, 2.75) is 26.3 Å². The summed E-state index contributed by atoms with van der Waals surface area (Å²) in [7, 11) is 3.99. The molecule has 0 spiro atoms. The van der Waals surface area contributed by atoms with Crippen molar-refractivity contribution in [3.63, 3.8) is 0 Å². The highest BCUT2D eigenvalue weighted by atomic mass is 79.9. The van der Waals surface area contributed by atoms with E-state index >= 15 is 0 Å². The second kappa shape index (κ2) is 7.04. The fraction of sp³-hybridized carbons (Fsp3) is 0.571. The topological polar surface area (TPSA) is 57.3 Å². The van der Waals surface area contributed by atoms with Crippen LogP contribution in [0.4, 0.5) is 5.82 Å². The van der Waals surface area contributed by atoms with E-state index in [-0.39, 0.29) is 11.4 Å². The van der Waals surface area contributed by atoms with Crippen LogP contribution in [0.5, 0.6) is 0 Å². The number of aromatic nitrogens is 1. The number of carbonyl (C=O) groups is 1. The number of pyridine rings is 1. The molecule has 0 bridgehead atoms. The molecule has 112 valence electrons. The quantitative estimate of drug-likeness (QED) is 0.833. The van der Waals surface area contributed by atoms with Gasteiger partial charge in [0.2, 0.25) is 0 Å². The number of hydrogen-bond acceptors (Lipinski definition) is 4. The summed E-state index contributed by atoms with van der Waals surface area (Å²) in [6.07, 6.45) is 1.68. The molecule has 1 heterocycles. The lowest BCUT2D eigenvalue weighted by Gasteiger charge is -2.32. The van der Waals surface area contributed by atoms with Crippen LogP contribution in [-0.4, -0.2) is 48.5 Å². The maximum Gasteiger partial charge on any atom is 0.255 e. The number of halogens is 1. The number of nitrogens with one attached hydrogen (secondary N) is 2. The van der Waals surface area contributed by atoms with Gasteiger partial charge in [-0.2, -0.15) is 0 Å². The van der Waals surface area contributed by atoms with Gasteiger partial charge in [-0.3, -0.25) is 4.79 Å². The third-order valence-corrected chi connectivity index (χ3v) is 3.77. The highest BCUT2D eigenvalue weighted by Gasteiger charge is 2.22. The summed E-state index contributed by atoms with van der Waals surface area (Å²) in [5.74, 6) is 0.487. The number of rotatable bonds is 6. The summed E-state index contributed by atoms with van der Waals surface area (Å²) in [4.78, 5) is 18.7. The Labute approximate surface area is 129 Å². The molecule has 5 nitrogen and oxygen atoms in total. The SMILES string of the molecule is CCNc1ncc(Br)cc1C(=O)NCC(C)(C)N(C)C. The molecule has 1 aromatic rings. The van der Waals surface area contributed by atoms with E-state index in [2.05, 4.69) is 50.3 Å². The minimum absolute atomic E-state index is 0.104. The molecule has 6 heteroatoms. The molecule has 1 amide bonds. The summed E-state index contributed by atoms with van der Waals surface area (Å²) >= 11 is 3.35. The van der Waals surface area contributed by atoms with Crippen molar-refractivity contribution in [2.24, 2.45) is 0 Å². The lowest BCUT2D eigenvalue weighted by molar-refractivity contribution is 0.0920. The zero-order chi connectivity index (χ0) is 15.3. The van der Waals surface area contributed by atoms with Gasteiger partial charge in [-0.05, 0) is 56.9 Å². The fourth-order valence-corrected chi connectivity index (χ4v) is 1.80. The third-order valence-electron chi connectivity index (χ3n) is 3.34. The van der Waals surface area contributed by atoms with E-state index in [0.717, 1.165) is 11.0 Å². The van der Waals surface area contributed by atoms with Crippen molar-refractivity contribution in [1.29, 1.82) is 0 Å². The molecule has 0 radical (unpaired) electrons. The van der Waals surface area contributed by atoms with Gasteiger partial charge in [0.15, 0.2) is 0 Å². The van der Waals surface area contributed by atoms with E-state index < -0.39 is 0 Å². The molecule has 0 fully saturated rings. The van der Waals surface area contributed by atoms with Gasteiger partial charge >= 0.3 is 0 Å². The van der Waals surface area contributed by atoms with Crippen LogP contribution >= 0.6 is 15.9 Å². The first-order valence-corrected chi connectivity index (χ1v) is 7.42. The number of likely N-dealkylation sites (N-methyl/N-ethyl adjacent to an activating group) is 1. The standard InChI is InChI=1S/C14H23BrN4O/c1-6-16-12-11(7-10(15)8-17-12)13(20)18-9-14(2,3)19(4)5/h7-8H,6,9H2,1-5H3,(H,16,17)(H,18,20). The van der Waals surface area contributed by atoms with Crippen LogP contribution in [-0.2, 0) is 0 Å². The molecule has 1 rings (SSSR count). The highest BCUT2D eigenvalue weighted by Crippen LogP contribution is 2.18. The van der Waals surface area contributed by atoms with Crippen molar-refractivity contribution in [2.75, 3.05) is 32.5 Å². The second-order valence-electron chi connectivity index (χ2n) is 5.47. The molecular formula is C14H23BrN4O. The van der Waals surface area contributed by atoms with Crippen LogP contribution in [0.25, 0.3) is 0 Å². The van der Waals surface area contributed by atoms with Gasteiger partial charge in [0.25, 0.3) is 5.91 Å². The van der Waals surface area contributed by atoms with Crippen molar-refractivity contribution >= 4 is 27.7 Å². The second-order valence-corrected chi connectivity index (χ2v) is 6.39. The van der Waals surface area contributed by atoms with E-state index in [1.165, 1.54) is 0 Å². The van der Waals surface area contributed by atoms with Crippen LogP contribution in [0.1, 0.15) is 31.1 Å². The van der Waals surface area contributed by atoms with Gasteiger partial charge in [-0.25, -0.2) is 4.98 Å². The largest absolute Gasteiger partial charge is 0.370 e. The predicted octanol–water partition coefficient (Wildman–Crippen LogP) is 2.35. The van der Waals surface area contributed by atoms with Crippen molar-refractivity contribution < 1.29 is 4.79 Å². The van der Waals surface area contributed by atoms with E-state index in [4.69, 9.17) is 0 Å². The highest BCUT2D eigenvalue weighted by molar-refractivity contribution is 9.10. The normalized spacial score (nSPS) is 11.6. The van der Waals surface area contributed by atoms with Crippen molar-refractivity contribution in [1.82, 2.24) is 15.2 Å². The Bertz CT molecular complexity index is 474.